The van der Waals surface area contributed by atoms with E-state index in [1.54, 1.807) is 7.11 Å². The first-order valence-electron chi connectivity index (χ1n) is 6.96. The Kier molecular flexibility index (Phi) is 5.98. The second-order valence-electron chi connectivity index (χ2n) is 4.77. The number of methoxy groups -OCH3 is 1. The molecule has 0 aliphatic carbocycles. The summed E-state index contributed by atoms with van der Waals surface area (Å²) >= 11 is 0. The molecule has 0 radical (unpaired) electrons. The average Bonchev–Trinajstić information content (AvgIpc) is 2.85. The Morgan fingerprint density at radius 3 is 2.80 bits per heavy atom. The molecule has 20 heavy (non-hydrogen) atoms. The van der Waals surface area contributed by atoms with Crippen molar-refractivity contribution in [2.24, 2.45) is 0 Å². The van der Waals surface area contributed by atoms with Gasteiger partial charge >= 0.3 is 0 Å². The van der Waals surface area contributed by atoms with Gasteiger partial charge in [-0.05, 0) is 12.0 Å². The molecule has 1 aliphatic heterocycles. The van der Waals surface area contributed by atoms with Crippen molar-refractivity contribution < 1.29 is 14.3 Å². The maximum absolute atomic E-state index is 12.3. The third-order valence-electron chi connectivity index (χ3n) is 3.33. The normalized spacial score (nSPS) is 18.8. The molecule has 5 heteroatoms. The fourth-order valence-electron chi connectivity index (χ4n) is 2.25. The van der Waals surface area contributed by atoms with Crippen LogP contribution < -0.4 is 5.32 Å². The van der Waals surface area contributed by atoms with Crippen LogP contribution in [-0.4, -0.2) is 51.0 Å². The molecular formula is C15H22N2O3. The number of hydrogen-bond donors (Lipinski definition) is 1. The van der Waals surface area contributed by atoms with Crippen molar-refractivity contribution in [2.75, 3.05) is 40.1 Å². The molecule has 1 aromatic carbocycles. The van der Waals surface area contributed by atoms with Crippen LogP contribution in [0.2, 0.25) is 0 Å². The summed E-state index contributed by atoms with van der Waals surface area (Å²) in [5.74, 6) is 0.146. The van der Waals surface area contributed by atoms with Crippen molar-refractivity contribution in [3.8, 4) is 0 Å². The van der Waals surface area contributed by atoms with Crippen molar-refractivity contribution >= 4 is 5.91 Å². The van der Waals surface area contributed by atoms with Crippen molar-refractivity contribution in [1.29, 1.82) is 0 Å². The SMILES string of the molecule is COCCOCCCN1CNC(c2ccccc2)C1=O. The Labute approximate surface area is 119 Å². The summed E-state index contributed by atoms with van der Waals surface area (Å²) in [5, 5.41) is 3.25. The summed E-state index contributed by atoms with van der Waals surface area (Å²) in [6, 6.07) is 9.62. The van der Waals surface area contributed by atoms with Gasteiger partial charge in [-0.1, -0.05) is 30.3 Å². The maximum Gasteiger partial charge on any atom is 0.245 e. The minimum Gasteiger partial charge on any atom is -0.382 e. The zero-order valence-corrected chi connectivity index (χ0v) is 11.9. The zero-order valence-electron chi connectivity index (χ0n) is 11.9. The van der Waals surface area contributed by atoms with E-state index in [1.165, 1.54) is 0 Å². The molecule has 0 saturated carbocycles. The van der Waals surface area contributed by atoms with Gasteiger partial charge in [0.05, 0.1) is 19.9 Å². The Morgan fingerprint density at radius 1 is 1.25 bits per heavy atom. The smallest absolute Gasteiger partial charge is 0.245 e. The standard InChI is InChI=1S/C15H22N2O3/c1-19-10-11-20-9-5-8-17-12-16-14(15(17)18)13-6-3-2-4-7-13/h2-4,6-7,14,16H,5,8-12H2,1H3. The number of carbonyl (C=O) groups excluding carboxylic acids is 1. The Balaban J connectivity index is 1.72. The summed E-state index contributed by atoms with van der Waals surface area (Å²) in [4.78, 5) is 14.1. The van der Waals surface area contributed by atoms with Gasteiger partial charge in [0.2, 0.25) is 5.91 Å². The summed E-state index contributed by atoms with van der Waals surface area (Å²) in [5.41, 5.74) is 1.02. The van der Waals surface area contributed by atoms with Crippen molar-refractivity contribution in [3.05, 3.63) is 35.9 Å². The summed E-state index contributed by atoms with van der Waals surface area (Å²) in [7, 11) is 1.65. The van der Waals surface area contributed by atoms with Gasteiger partial charge in [0, 0.05) is 20.3 Å². The number of rotatable bonds is 8. The number of carbonyl (C=O) groups is 1. The third kappa shape index (κ3) is 4.03. The Bertz CT molecular complexity index is 411. The van der Waals surface area contributed by atoms with Crippen LogP contribution in [0.4, 0.5) is 0 Å². The molecule has 1 saturated heterocycles. The second-order valence-corrected chi connectivity index (χ2v) is 4.77. The number of benzene rings is 1. The van der Waals surface area contributed by atoms with Gasteiger partial charge in [-0.3, -0.25) is 10.1 Å². The zero-order chi connectivity index (χ0) is 14.2. The van der Waals surface area contributed by atoms with Crippen LogP contribution in [0.15, 0.2) is 30.3 Å². The lowest BCUT2D eigenvalue weighted by molar-refractivity contribution is -0.129. The topological polar surface area (TPSA) is 50.8 Å². The van der Waals surface area contributed by atoms with E-state index in [2.05, 4.69) is 5.32 Å². The first kappa shape index (κ1) is 15.0. The maximum atomic E-state index is 12.3. The highest BCUT2D eigenvalue weighted by molar-refractivity contribution is 5.85. The summed E-state index contributed by atoms with van der Waals surface area (Å²) in [6.07, 6.45) is 0.846. The number of nitrogens with one attached hydrogen (secondary N) is 1. The molecule has 1 N–H and O–H groups in total. The first-order valence-corrected chi connectivity index (χ1v) is 6.96. The molecule has 110 valence electrons. The third-order valence-corrected chi connectivity index (χ3v) is 3.33. The average molecular weight is 278 g/mol. The van der Waals surface area contributed by atoms with Crippen LogP contribution in [0.1, 0.15) is 18.0 Å². The fraction of sp³-hybridized carbons (Fsp3) is 0.533. The quantitative estimate of drug-likeness (QED) is 0.725. The van der Waals surface area contributed by atoms with E-state index in [9.17, 15) is 4.79 Å². The van der Waals surface area contributed by atoms with Crippen LogP contribution in [-0.2, 0) is 14.3 Å². The fourth-order valence-corrected chi connectivity index (χ4v) is 2.25. The molecule has 1 unspecified atom stereocenters. The van der Waals surface area contributed by atoms with Gasteiger partial charge in [0.1, 0.15) is 6.04 Å². The number of amides is 1. The van der Waals surface area contributed by atoms with Crippen molar-refractivity contribution in [1.82, 2.24) is 10.2 Å². The van der Waals surface area contributed by atoms with Gasteiger partial charge < -0.3 is 14.4 Å². The van der Waals surface area contributed by atoms with E-state index in [0.717, 1.165) is 18.5 Å². The van der Waals surface area contributed by atoms with E-state index in [1.807, 2.05) is 35.2 Å². The summed E-state index contributed by atoms with van der Waals surface area (Å²) < 4.78 is 10.3. The summed E-state index contributed by atoms with van der Waals surface area (Å²) in [6.45, 7) is 3.21. The molecule has 1 amide bonds. The van der Waals surface area contributed by atoms with Crippen molar-refractivity contribution in [2.45, 2.75) is 12.5 Å². The van der Waals surface area contributed by atoms with E-state index in [4.69, 9.17) is 9.47 Å². The minimum atomic E-state index is -0.203. The van der Waals surface area contributed by atoms with Crippen LogP contribution in [0, 0.1) is 0 Å². The lowest BCUT2D eigenvalue weighted by atomic mass is 10.1. The highest BCUT2D eigenvalue weighted by atomic mass is 16.5. The molecular weight excluding hydrogens is 256 g/mol. The van der Waals surface area contributed by atoms with Crippen molar-refractivity contribution in [3.63, 3.8) is 0 Å². The van der Waals surface area contributed by atoms with Gasteiger partial charge in [-0.25, -0.2) is 0 Å². The molecule has 1 heterocycles. The molecule has 1 atom stereocenters. The monoisotopic (exact) mass is 278 g/mol. The molecule has 0 spiro atoms. The minimum absolute atomic E-state index is 0.146. The Hall–Kier alpha value is -1.43. The molecule has 2 rings (SSSR count). The van der Waals surface area contributed by atoms with Crippen LogP contribution in [0.5, 0.6) is 0 Å². The largest absolute Gasteiger partial charge is 0.382 e. The van der Waals surface area contributed by atoms with Gasteiger partial charge in [-0.2, -0.15) is 0 Å². The van der Waals surface area contributed by atoms with Gasteiger partial charge in [-0.15, -0.1) is 0 Å². The second kappa shape index (κ2) is 7.99. The predicted octanol–water partition coefficient (Wildman–Crippen LogP) is 1.17. The highest BCUT2D eigenvalue weighted by Crippen LogP contribution is 2.20. The van der Waals surface area contributed by atoms with Crippen LogP contribution in [0.25, 0.3) is 0 Å². The van der Waals surface area contributed by atoms with E-state index in [0.29, 0.717) is 26.5 Å². The van der Waals surface area contributed by atoms with Crippen LogP contribution >= 0.6 is 0 Å². The van der Waals surface area contributed by atoms with Crippen LogP contribution in [0.3, 0.4) is 0 Å². The number of ether oxygens (including phenoxy) is 2. The molecule has 1 fully saturated rings. The molecule has 0 aromatic heterocycles. The molecule has 0 bridgehead atoms. The molecule has 5 nitrogen and oxygen atoms in total. The number of hydrogen-bond acceptors (Lipinski definition) is 4. The van der Waals surface area contributed by atoms with Gasteiger partial charge in [0.25, 0.3) is 0 Å². The number of nitrogens with zero attached hydrogens (tertiary/aromatic N) is 1. The lowest BCUT2D eigenvalue weighted by Gasteiger charge is -2.15. The van der Waals surface area contributed by atoms with E-state index in [-0.39, 0.29) is 11.9 Å². The molecule has 1 aromatic rings. The molecule has 1 aliphatic rings. The van der Waals surface area contributed by atoms with E-state index >= 15 is 0 Å². The Morgan fingerprint density at radius 2 is 2.05 bits per heavy atom. The van der Waals surface area contributed by atoms with E-state index < -0.39 is 0 Å². The van der Waals surface area contributed by atoms with Gasteiger partial charge in [0.15, 0.2) is 0 Å². The highest BCUT2D eigenvalue weighted by Gasteiger charge is 2.31. The predicted molar refractivity (Wildman–Crippen MR) is 76.2 cm³/mol. The first-order chi connectivity index (χ1) is 9.83. The lowest BCUT2D eigenvalue weighted by Crippen LogP contribution is -2.28.